The Bertz CT molecular complexity index is 1280. The lowest BCUT2D eigenvalue weighted by Gasteiger charge is -2.34. The van der Waals surface area contributed by atoms with E-state index < -0.39 is 0 Å². The Morgan fingerprint density at radius 3 is 2.89 bits per heavy atom. The topological polar surface area (TPSA) is 133 Å². The molecule has 2 aliphatic heterocycles. The second kappa shape index (κ2) is 10.0. The molecular formula is C25H33N9O3. The number of ether oxygens (including phenoxy) is 1. The molecule has 3 aliphatic rings. The van der Waals surface area contributed by atoms with Crippen LogP contribution >= 0.6 is 0 Å². The molecule has 0 spiro atoms. The van der Waals surface area contributed by atoms with E-state index in [9.17, 15) is 9.59 Å². The molecule has 3 aromatic rings. The molecular weight excluding hydrogens is 474 g/mol. The Labute approximate surface area is 214 Å². The summed E-state index contributed by atoms with van der Waals surface area (Å²) in [5.74, 6) is 2.36. The van der Waals surface area contributed by atoms with Gasteiger partial charge in [-0.05, 0) is 50.7 Å². The highest BCUT2D eigenvalue weighted by Crippen LogP contribution is 2.39. The Hall–Kier alpha value is -3.67. The number of nitrogens with zero attached hydrogens (tertiary/aromatic N) is 6. The Kier molecular flexibility index (Phi) is 6.41. The second-order valence-corrected chi connectivity index (χ2v) is 10.2. The maximum Gasteiger partial charge on any atom is 0.248 e. The van der Waals surface area contributed by atoms with E-state index in [1.807, 2.05) is 29.3 Å². The van der Waals surface area contributed by atoms with Crippen molar-refractivity contribution >= 4 is 34.9 Å². The summed E-state index contributed by atoms with van der Waals surface area (Å²) < 4.78 is 6.78. The lowest BCUT2D eigenvalue weighted by Crippen LogP contribution is -2.54. The molecule has 1 saturated carbocycles. The minimum atomic E-state index is -0.363. The van der Waals surface area contributed by atoms with Gasteiger partial charge in [-0.15, -0.1) is 5.10 Å². The van der Waals surface area contributed by atoms with Crippen LogP contribution in [-0.4, -0.2) is 86.9 Å². The number of anilines is 3. The molecule has 5 heterocycles. The summed E-state index contributed by atoms with van der Waals surface area (Å²) in [6, 6.07) is 5.48. The zero-order valence-electron chi connectivity index (χ0n) is 21.0. The van der Waals surface area contributed by atoms with Gasteiger partial charge in [0.2, 0.25) is 17.8 Å². The number of hydrogen-bond acceptors (Lipinski definition) is 8. The molecule has 0 bridgehead atoms. The molecule has 37 heavy (non-hydrogen) atoms. The smallest absolute Gasteiger partial charge is 0.248 e. The highest BCUT2D eigenvalue weighted by Gasteiger charge is 2.35. The summed E-state index contributed by atoms with van der Waals surface area (Å²) in [5.41, 5.74) is 1.98. The minimum Gasteiger partial charge on any atom is -0.375 e. The highest BCUT2D eigenvalue weighted by molar-refractivity contribution is 5.86. The average molecular weight is 508 g/mol. The number of aromatic amines is 1. The van der Waals surface area contributed by atoms with Gasteiger partial charge in [-0.25, -0.2) is 4.52 Å². The first-order chi connectivity index (χ1) is 18.1. The number of rotatable bonds is 8. The number of H-pyrrole nitrogens is 1. The van der Waals surface area contributed by atoms with Crippen molar-refractivity contribution in [3.8, 4) is 0 Å². The third-order valence-corrected chi connectivity index (χ3v) is 7.44. The fraction of sp³-hybridized carbons (Fsp3) is 0.560. The van der Waals surface area contributed by atoms with Crippen LogP contribution < -0.4 is 15.5 Å². The molecule has 2 saturated heterocycles. The number of piperidine rings is 1. The molecule has 0 radical (unpaired) electrons. The molecule has 3 N–H and O–H groups in total. The van der Waals surface area contributed by atoms with Gasteiger partial charge in [-0.1, -0.05) is 0 Å². The van der Waals surface area contributed by atoms with Gasteiger partial charge in [0.05, 0.1) is 0 Å². The van der Waals surface area contributed by atoms with Gasteiger partial charge >= 0.3 is 0 Å². The number of hydrogen-bond donors (Lipinski definition) is 3. The number of carbonyl (C=O) groups excluding carboxylic acids is 2. The third kappa shape index (κ3) is 4.97. The van der Waals surface area contributed by atoms with E-state index in [2.05, 4.69) is 20.8 Å². The fourth-order valence-corrected chi connectivity index (χ4v) is 5.37. The van der Waals surface area contributed by atoms with Gasteiger partial charge in [-0.3, -0.25) is 14.7 Å². The van der Waals surface area contributed by atoms with Gasteiger partial charge in [0, 0.05) is 56.7 Å². The lowest BCUT2D eigenvalue weighted by atomic mass is 10.0. The maximum absolute atomic E-state index is 13.4. The van der Waals surface area contributed by atoms with E-state index >= 15 is 0 Å². The average Bonchev–Trinajstić information content (AvgIpc) is 3.26. The number of nitrogens with one attached hydrogen (secondary N) is 3. The summed E-state index contributed by atoms with van der Waals surface area (Å²) in [5, 5.41) is 18.8. The summed E-state index contributed by atoms with van der Waals surface area (Å²) in [6.07, 6.45) is 7.58. The summed E-state index contributed by atoms with van der Waals surface area (Å²) >= 11 is 0. The van der Waals surface area contributed by atoms with Crippen molar-refractivity contribution in [2.75, 3.05) is 43.6 Å². The van der Waals surface area contributed by atoms with Gasteiger partial charge in [0.1, 0.15) is 18.2 Å². The molecule has 2 atom stereocenters. The second-order valence-electron chi connectivity index (χ2n) is 10.2. The summed E-state index contributed by atoms with van der Waals surface area (Å²) in [6.45, 7) is 1.96. The van der Waals surface area contributed by atoms with Gasteiger partial charge < -0.3 is 25.2 Å². The predicted molar refractivity (Wildman–Crippen MR) is 137 cm³/mol. The predicted octanol–water partition coefficient (Wildman–Crippen LogP) is 1.80. The Morgan fingerprint density at radius 1 is 1.19 bits per heavy atom. The zero-order chi connectivity index (χ0) is 25.4. The van der Waals surface area contributed by atoms with Crippen molar-refractivity contribution in [2.24, 2.45) is 0 Å². The Morgan fingerprint density at radius 2 is 2.05 bits per heavy atom. The van der Waals surface area contributed by atoms with Crippen LogP contribution in [0.5, 0.6) is 0 Å². The molecule has 0 unspecified atom stereocenters. The highest BCUT2D eigenvalue weighted by atomic mass is 16.5. The third-order valence-electron chi connectivity index (χ3n) is 7.44. The van der Waals surface area contributed by atoms with Crippen LogP contribution in [0.4, 0.5) is 17.6 Å². The van der Waals surface area contributed by atoms with Crippen molar-refractivity contribution in [2.45, 2.75) is 56.5 Å². The number of fused-ring (bicyclic) bond motifs is 1. The van der Waals surface area contributed by atoms with Gasteiger partial charge in [0.25, 0.3) is 0 Å². The van der Waals surface area contributed by atoms with Crippen LogP contribution in [0, 0.1) is 0 Å². The quantitative estimate of drug-likeness (QED) is 0.420. The monoisotopic (exact) mass is 507 g/mol. The molecule has 0 aromatic carbocycles. The van der Waals surface area contributed by atoms with Crippen molar-refractivity contribution in [1.82, 2.24) is 35.0 Å². The number of likely N-dealkylation sites (tertiary alicyclic amines) is 1. The molecule has 3 fully saturated rings. The fourth-order valence-electron chi connectivity index (χ4n) is 5.37. The number of carbonyl (C=O) groups is 2. The number of aromatic nitrogens is 5. The Balaban J connectivity index is 1.18. The molecule has 12 heteroatoms. The zero-order valence-corrected chi connectivity index (χ0v) is 21.0. The van der Waals surface area contributed by atoms with Crippen molar-refractivity contribution in [3.05, 3.63) is 30.1 Å². The van der Waals surface area contributed by atoms with Crippen LogP contribution in [-0.2, 0) is 14.3 Å². The summed E-state index contributed by atoms with van der Waals surface area (Å²) in [4.78, 5) is 34.2. The first-order valence-corrected chi connectivity index (χ1v) is 13.1. The van der Waals surface area contributed by atoms with E-state index in [0.717, 1.165) is 42.7 Å². The van der Waals surface area contributed by atoms with Crippen LogP contribution in [0.3, 0.4) is 0 Å². The van der Waals surface area contributed by atoms with Crippen LogP contribution in [0.25, 0.3) is 5.52 Å². The maximum atomic E-state index is 13.4. The lowest BCUT2D eigenvalue weighted by molar-refractivity contribution is -0.137. The van der Waals surface area contributed by atoms with Crippen molar-refractivity contribution in [1.29, 1.82) is 0 Å². The van der Waals surface area contributed by atoms with E-state index in [1.54, 1.807) is 9.42 Å². The van der Waals surface area contributed by atoms with Gasteiger partial charge in [0.15, 0.2) is 11.6 Å². The van der Waals surface area contributed by atoms with Crippen LogP contribution in [0.15, 0.2) is 24.4 Å². The van der Waals surface area contributed by atoms with Gasteiger partial charge in [-0.2, -0.15) is 10.1 Å². The standard InChI is InChI=1S/C25H33N9O3/c1-37-15-22(35)32-10-2-5-17(14-32)26-24(36)20-7-3-11-33(20)25-28-23(19-6-4-12-34(19)31-25)27-21-13-18(29-30-21)16-8-9-16/h4,6,12-13,16-17,20H,2-3,5,7-11,14-15H2,1H3,(H,26,36)(H2,27,28,29,30,31)/t17-,20+/m1/s1. The van der Waals surface area contributed by atoms with E-state index in [1.165, 1.54) is 20.0 Å². The SMILES string of the molecule is COCC(=O)N1CCC[C@@H](NC(=O)[C@@H]2CCCN2c2nc(Nc3cc(C4CC4)[nH]n3)c3cccn3n2)C1. The van der Waals surface area contributed by atoms with E-state index in [4.69, 9.17) is 14.8 Å². The number of methoxy groups -OCH3 is 1. The molecule has 196 valence electrons. The van der Waals surface area contributed by atoms with E-state index in [-0.39, 0.29) is 30.5 Å². The first kappa shape index (κ1) is 23.7. The van der Waals surface area contributed by atoms with Crippen LogP contribution in [0.1, 0.15) is 50.1 Å². The largest absolute Gasteiger partial charge is 0.375 e. The first-order valence-electron chi connectivity index (χ1n) is 13.1. The van der Waals surface area contributed by atoms with Crippen molar-refractivity contribution < 1.29 is 14.3 Å². The number of amides is 2. The molecule has 6 rings (SSSR count). The molecule has 1 aliphatic carbocycles. The minimum absolute atomic E-state index is 0.0430. The normalized spacial score (nSPS) is 22.0. The van der Waals surface area contributed by atoms with Crippen LogP contribution in [0.2, 0.25) is 0 Å². The summed E-state index contributed by atoms with van der Waals surface area (Å²) in [7, 11) is 1.52. The molecule has 12 nitrogen and oxygen atoms in total. The van der Waals surface area contributed by atoms with Crippen molar-refractivity contribution in [3.63, 3.8) is 0 Å². The molecule has 2 amide bonds. The van der Waals surface area contributed by atoms with E-state index in [0.29, 0.717) is 37.3 Å². The molecule has 3 aromatic heterocycles.